The van der Waals surface area contributed by atoms with Crippen LogP contribution in [-0.2, 0) is 0 Å². The van der Waals surface area contributed by atoms with Crippen LogP contribution in [0.4, 0.5) is 5.82 Å². The van der Waals surface area contributed by atoms with Gasteiger partial charge in [0.25, 0.3) is 5.91 Å². The SMILES string of the molecule is NC(=NO)c1cn[nH]c1NC(=O)c1ccncc1Cl. The highest BCUT2D eigenvalue weighted by Crippen LogP contribution is 2.17. The van der Waals surface area contributed by atoms with Gasteiger partial charge in [0.2, 0.25) is 0 Å². The highest BCUT2D eigenvalue weighted by atomic mass is 35.5. The van der Waals surface area contributed by atoms with Crippen molar-refractivity contribution in [3.05, 3.63) is 40.8 Å². The fraction of sp³-hybridized carbons (Fsp3) is 0. The molecule has 8 nitrogen and oxygen atoms in total. The number of carbonyl (C=O) groups excluding carboxylic acids is 1. The van der Waals surface area contributed by atoms with Crippen molar-refractivity contribution in [1.29, 1.82) is 0 Å². The first-order valence-electron chi connectivity index (χ1n) is 5.05. The van der Waals surface area contributed by atoms with Crippen molar-refractivity contribution < 1.29 is 10.0 Å². The number of carbonyl (C=O) groups is 1. The Hall–Kier alpha value is -2.61. The fourth-order valence-corrected chi connectivity index (χ4v) is 1.57. The largest absolute Gasteiger partial charge is 0.409 e. The number of halogens is 1. The second-order valence-electron chi connectivity index (χ2n) is 3.45. The number of H-pyrrole nitrogens is 1. The van der Waals surface area contributed by atoms with Gasteiger partial charge < -0.3 is 16.3 Å². The number of nitrogens with zero attached hydrogens (tertiary/aromatic N) is 3. The maximum Gasteiger partial charge on any atom is 0.258 e. The first-order chi connectivity index (χ1) is 9.13. The third-order valence-corrected chi connectivity index (χ3v) is 2.58. The molecule has 0 aliphatic carbocycles. The van der Waals surface area contributed by atoms with E-state index in [1.54, 1.807) is 0 Å². The van der Waals surface area contributed by atoms with Crippen molar-refractivity contribution in [2.24, 2.45) is 10.9 Å². The van der Waals surface area contributed by atoms with E-state index in [2.05, 4.69) is 25.7 Å². The Bertz CT molecular complexity index is 638. The van der Waals surface area contributed by atoms with Crippen LogP contribution in [0.2, 0.25) is 5.02 Å². The fourth-order valence-electron chi connectivity index (χ4n) is 1.37. The lowest BCUT2D eigenvalue weighted by molar-refractivity contribution is 0.102. The van der Waals surface area contributed by atoms with Crippen LogP contribution in [0.5, 0.6) is 0 Å². The average Bonchev–Trinajstić information content (AvgIpc) is 2.86. The molecule has 2 rings (SSSR count). The van der Waals surface area contributed by atoms with Crippen LogP contribution in [0, 0.1) is 0 Å². The molecule has 0 bridgehead atoms. The summed E-state index contributed by atoms with van der Waals surface area (Å²) in [6, 6.07) is 1.47. The number of nitrogens with two attached hydrogens (primary N) is 1. The Morgan fingerprint density at radius 1 is 1.47 bits per heavy atom. The van der Waals surface area contributed by atoms with Gasteiger partial charge in [-0.05, 0) is 6.07 Å². The number of nitrogens with one attached hydrogen (secondary N) is 2. The van der Waals surface area contributed by atoms with Crippen molar-refractivity contribution in [3.8, 4) is 0 Å². The number of aromatic amines is 1. The third-order valence-electron chi connectivity index (χ3n) is 2.28. The molecule has 0 saturated heterocycles. The summed E-state index contributed by atoms with van der Waals surface area (Å²) in [4.78, 5) is 15.8. The molecule has 0 aliphatic heterocycles. The second kappa shape index (κ2) is 5.36. The van der Waals surface area contributed by atoms with Gasteiger partial charge in [0, 0.05) is 12.4 Å². The van der Waals surface area contributed by atoms with Crippen LogP contribution in [0.1, 0.15) is 15.9 Å². The molecule has 98 valence electrons. The zero-order valence-electron chi connectivity index (χ0n) is 9.46. The quantitative estimate of drug-likeness (QED) is 0.286. The molecule has 0 fully saturated rings. The number of amides is 1. The highest BCUT2D eigenvalue weighted by molar-refractivity contribution is 6.34. The molecule has 0 spiro atoms. The normalized spacial score (nSPS) is 11.3. The molecule has 2 heterocycles. The van der Waals surface area contributed by atoms with Gasteiger partial charge in [0.1, 0.15) is 5.82 Å². The van der Waals surface area contributed by atoms with Gasteiger partial charge in [-0.3, -0.25) is 14.9 Å². The van der Waals surface area contributed by atoms with E-state index in [-0.39, 0.29) is 27.8 Å². The van der Waals surface area contributed by atoms with Crippen LogP contribution in [0.15, 0.2) is 29.8 Å². The zero-order valence-corrected chi connectivity index (χ0v) is 10.2. The molecule has 2 aromatic rings. The van der Waals surface area contributed by atoms with Crippen LogP contribution in [-0.4, -0.2) is 32.1 Å². The Balaban J connectivity index is 2.26. The molecular weight excluding hydrogens is 272 g/mol. The van der Waals surface area contributed by atoms with Crippen molar-refractivity contribution >= 4 is 29.2 Å². The lowest BCUT2D eigenvalue weighted by atomic mass is 10.2. The minimum Gasteiger partial charge on any atom is -0.409 e. The molecule has 0 atom stereocenters. The van der Waals surface area contributed by atoms with Crippen LogP contribution < -0.4 is 11.1 Å². The summed E-state index contributed by atoms with van der Waals surface area (Å²) >= 11 is 5.85. The molecule has 0 aromatic carbocycles. The minimum atomic E-state index is -0.469. The number of hydrogen-bond donors (Lipinski definition) is 4. The summed E-state index contributed by atoms with van der Waals surface area (Å²) in [6.45, 7) is 0. The van der Waals surface area contributed by atoms with Gasteiger partial charge in [-0.1, -0.05) is 16.8 Å². The van der Waals surface area contributed by atoms with Crippen molar-refractivity contribution in [2.45, 2.75) is 0 Å². The lowest BCUT2D eigenvalue weighted by Gasteiger charge is -2.05. The number of rotatable bonds is 3. The van der Waals surface area contributed by atoms with Gasteiger partial charge in [0.15, 0.2) is 5.84 Å². The molecule has 0 aliphatic rings. The third kappa shape index (κ3) is 2.63. The van der Waals surface area contributed by atoms with Gasteiger partial charge in [-0.2, -0.15) is 5.10 Å². The molecule has 0 saturated carbocycles. The first-order valence-corrected chi connectivity index (χ1v) is 5.43. The van der Waals surface area contributed by atoms with E-state index >= 15 is 0 Å². The van der Waals surface area contributed by atoms with Crippen LogP contribution in [0.3, 0.4) is 0 Å². The molecule has 0 unspecified atom stereocenters. The number of oxime groups is 1. The van der Waals surface area contributed by atoms with Crippen molar-refractivity contribution in [1.82, 2.24) is 15.2 Å². The van der Waals surface area contributed by atoms with Crippen molar-refractivity contribution in [3.63, 3.8) is 0 Å². The van der Waals surface area contributed by atoms with Gasteiger partial charge in [-0.15, -0.1) is 0 Å². The molecule has 19 heavy (non-hydrogen) atoms. The number of amidine groups is 1. The molecule has 0 radical (unpaired) electrons. The summed E-state index contributed by atoms with van der Waals surface area (Å²) in [7, 11) is 0. The predicted octanol–water partition coefficient (Wildman–Crippen LogP) is 0.805. The van der Waals surface area contributed by atoms with Gasteiger partial charge in [-0.25, -0.2) is 0 Å². The van der Waals surface area contributed by atoms with E-state index in [4.69, 9.17) is 22.5 Å². The molecule has 5 N–H and O–H groups in total. The molecular formula is C10H9ClN6O2. The summed E-state index contributed by atoms with van der Waals surface area (Å²) in [5.74, 6) is -0.443. The smallest absolute Gasteiger partial charge is 0.258 e. The summed E-state index contributed by atoms with van der Waals surface area (Å²) in [6.07, 6.45) is 4.12. The summed E-state index contributed by atoms with van der Waals surface area (Å²) in [5.41, 5.74) is 5.95. The summed E-state index contributed by atoms with van der Waals surface area (Å²) in [5, 5.41) is 20.4. The molecule has 2 aromatic heterocycles. The monoisotopic (exact) mass is 280 g/mol. The average molecular weight is 281 g/mol. The Morgan fingerprint density at radius 2 is 2.26 bits per heavy atom. The van der Waals surface area contributed by atoms with E-state index < -0.39 is 5.91 Å². The maximum atomic E-state index is 12.0. The highest BCUT2D eigenvalue weighted by Gasteiger charge is 2.15. The maximum absolute atomic E-state index is 12.0. The molecule has 9 heteroatoms. The first kappa shape index (κ1) is 12.8. The standard InChI is InChI=1S/C10H9ClN6O2/c11-7-4-13-2-1-5(7)10(18)15-9-6(3-14-16-9)8(12)17-19/h1-4,19H,(H2,12,17)(H2,14,15,16,18). The second-order valence-corrected chi connectivity index (χ2v) is 3.86. The lowest BCUT2D eigenvalue weighted by Crippen LogP contribution is -2.18. The predicted molar refractivity (Wildman–Crippen MR) is 68.3 cm³/mol. The van der Waals surface area contributed by atoms with E-state index in [0.717, 1.165) is 0 Å². The van der Waals surface area contributed by atoms with Gasteiger partial charge >= 0.3 is 0 Å². The van der Waals surface area contributed by atoms with E-state index in [0.29, 0.717) is 0 Å². The Morgan fingerprint density at radius 3 is 2.95 bits per heavy atom. The Kier molecular flexibility index (Phi) is 3.62. The number of pyridine rings is 1. The minimum absolute atomic E-state index is 0.176. The van der Waals surface area contributed by atoms with Crippen LogP contribution in [0.25, 0.3) is 0 Å². The molecule has 1 amide bonds. The number of aromatic nitrogens is 3. The van der Waals surface area contributed by atoms with E-state index in [1.165, 1.54) is 24.7 Å². The topological polar surface area (TPSA) is 129 Å². The number of hydrogen-bond acceptors (Lipinski definition) is 5. The zero-order chi connectivity index (χ0) is 13.8. The van der Waals surface area contributed by atoms with E-state index in [9.17, 15) is 4.79 Å². The Labute approximate surface area is 112 Å². The summed E-state index contributed by atoms with van der Waals surface area (Å²) < 4.78 is 0. The van der Waals surface area contributed by atoms with Gasteiger partial charge in [0.05, 0.1) is 22.3 Å². The van der Waals surface area contributed by atoms with E-state index in [1.807, 2.05) is 0 Å². The van der Waals surface area contributed by atoms with Crippen molar-refractivity contribution in [2.75, 3.05) is 5.32 Å². The number of anilines is 1. The van der Waals surface area contributed by atoms with Crippen LogP contribution >= 0.6 is 11.6 Å².